The number of thioether (sulfide) groups is 1. The molecular formula is C14H16N2O3S. The summed E-state index contributed by atoms with van der Waals surface area (Å²) in [5.74, 6) is 0.753. The van der Waals surface area contributed by atoms with Gasteiger partial charge in [-0.25, -0.2) is 0 Å². The van der Waals surface area contributed by atoms with E-state index in [2.05, 4.69) is 10.5 Å². The van der Waals surface area contributed by atoms with Gasteiger partial charge in [0.05, 0.1) is 11.4 Å². The molecule has 6 heteroatoms. The van der Waals surface area contributed by atoms with Crippen LogP contribution in [0.2, 0.25) is 0 Å². The fraction of sp³-hybridized carbons (Fsp3) is 0.286. The second-order valence-corrected chi connectivity index (χ2v) is 5.59. The van der Waals surface area contributed by atoms with Gasteiger partial charge in [-0.1, -0.05) is 31.1 Å². The van der Waals surface area contributed by atoms with Gasteiger partial charge in [0.2, 0.25) is 11.8 Å². The number of carbonyl (C=O) groups excluding carboxylic acids is 1. The van der Waals surface area contributed by atoms with E-state index in [9.17, 15) is 9.90 Å². The number of rotatable bonds is 5. The molecular weight excluding hydrogens is 276 g/mol. The third kappa shape index (κ3) is 3.77. The van der Waals surface area contributed by atoms with Crippen molar-refractivity contribution in [3.8, 4) is 5.75 Å². The standard InChI is InChI=1S/C14H16N2O3S/c1-9(2)10-7-14(19-16-10)15-13(18)8-20-12-6-4-3-5-11(12)17/h3-7,9,17H,8H2,1-2H3,(H,15,18). The lowest BCUT2D eigenvalue weighted by molar-refractivity contribution is -0.113. The molecule has 0 unspecified atom stereocenters. The number of benzene rings is 1. The summed E-state index contributed by atoms with van der Waals surface area (Å²) in [5, 5.41) is 16.1. The Hall–Kier alpha value is -1.95. The van der Waals surface area contributed by atoms with Crippen LogP contribution < -0.4 is 5.32 Å². The zero-order valence-electron chi connectivity index (χ0n) is 11.3. The highest BCUT2D eigenvalue weighted by Crippen LogP contribution is 2.27. The normalized spacial score (nSPS) is 10.8. The summed E-state index contributed by atoms with van der Waals surface area (Å²) in [4.78, 5) is 12.4. The molecule has 0 spiro atoms. The summed E-state index contributed by atoms with van der Waals surface area (Å²) >= 11 is 1.26. The summed E-state index contributed by atoms with van der Waals surface area (Å²) in [7, 11) is 0. The molecule has 20 heavy (non-hydrogen) atoms. The van der Waals surface area contributed by atoms with Gasteiger partial charge in [0.1, 0.15) is 5.75 Å². The highest BCUT2D eigenvalue weighted by atomic mass is 32.2. The third-order valence-corrected chi connectivity index (χ3v) is 3.67. The van der Waals surface area contributed by atoms with E-state index in [0.29, 0.717) is 10.8 Å². The van der Waals surface area contributed by atoms with E-state index in [1.165, 1.54) is 11.8 Å². The number of hydrogen-bond acceptors (Lipinski definition) is 5. The lowest BCUT2D eigenvalue weighted by Crippen LogP contribution is -2.13. The highest BCUT2D eigenvalue weighted by molar-refractivity contribution is 8.00. The predicted octanol–water partition coefficient (Wildman–Crippen LogP) is 3.23. The van der Waals surface area contributed by atoms with Crippen LogP contribution >= 0.6 is 11.8 Å². The minimum Gasteiger partial charge on any atom is -0.507 e. The maximum Gasteiger partial charge on any atom is 0.237 e. The van der Waals surface area contributed by atoms with Crippen molar-refractivity contribution in [2.24, 2.45) is 0 Å². The molecule has 0 saturated carbocycles. The van der Waals surface area contributed by atoms with Crippen molar-refractivity contribution in [3.05, 3.63) is 36.0 Å². The zero-order valence-corrected chi connectivity index (χ0v) is 12.1. The fourth-order valence-electron chi connectivity index (χ4n) is 1.52. The molecule has 0 aliphatic heterocycles. The van der Waals surface area contributed by atoms with Gasteiger partial charge in [-0.15, -0.1) is 11.8 Å². The highest BCUT2D eigenvalue weighted by Gasteiger charge is 2.11. The molecule has 0 saturated heterocycles. The van der Waals surface area contributed by atoms with Crippen LogP contribution in [0.5, 0.6) is 5.75 Å². The topological polar surface area (TPSA) is 75.4 Å². The number of phenols is 1. The molecule has 0 radical (unpaired) electrons. The van der Waals surface area contributed by atoms with Crippen molar-refractivity contribution < 1.29 is 14.4 Å². The Morgan fingerprint density at radius 1 is 1.45 bits per heavy atom. The van der Waals surface area contributed by atoms with Crippen molar-refractivity contribution >= 4 is 23.6 Å². The van der Waals surface area contributed by atoms with Gasteiger partial charge in [0, 0.05) is 11.0 Å². The van der Waals surface area contributed by atoms with Gasteiger partial charge in [0.15, 0.2) is 0 Å². The first-order valence-electron chi connectivity index (χ1n) is 6.23. The van der Waals surface area contributed by atoms with E-state index in [1.54, 1.807) is 24.3 Å². The van der Waals surface area contributed by atoms with Crippen molar-refractivity contribution in [2.75, 3.05) is 11.1 Å². The molecule has 0 aliphatic carbocycles. The number of para-hydroxylation sites is 1. The lowest BCUT2D eigenvalue weighted by atomic mass is 10.1. The van der Waals surface area contributed by atoms with E-state index >= 15 is 0 Å². The maximum absolute atomic E-state index is 11.8. The van der Waals surface area contributed by atoms with Crippen LogP contribution in [0.1, 0.15) is 25.5 Å². The van der Waals surface area contributed by atoms with E-state index < -0.39 is 0 Å². The van der Waals surface area contributed by atoms with Crippen LogP contribution in [0.15, 0.2) is 39.8 Å². The zero-order chi connectivity index (χ0) is 14.5. The summed E-state index contributed by atoms with van der Waals surface area (Å²) in [6.07, 6.45) is 0. The van der Waals surface area contributed by atoms with E-state index in [-0.39, 0.29) is 23.3 Å². The Kier molecular flexibility index (Phi) is 4.68. The van der Waals surface area contributed by atoms with E-state index in [1.807, 2.05) is 19.9 Å². The molecule has 5 nitrogen and oxygen atoms in total. The Labute approximate surface area is 121 Å². The molecule has 106 valence electrons. The molecule has 2 aromatic rings. The van der Waals surface area contributed by atoms with Crippen molar-refractivity contribution in [1.82, 2.24) is 5.16 Å². The largest absolute Gasteiger partial charge is 0.507 e. The first-order valence-corrected chi connectivity index (χ1v) is 7.22. The van der Waals surface area contributed by atoms with Gasteiger partial charge < -0.3 is 9.63 Å². The van der Waals surface area contributed by atoms with Crippen molar-refractivity contribution in [2.45, 2.75) is 24.7 Å². The average Bonchev–Trinajstić information content (AvgIpc) is 2.86. The molecule has 1 amide bonds. The number of aromatic nitrogens is 1. The van der Waals surface area contributed by atoms with Crippen LogP contribution in [0.3, 0.4) is 0 Å². The van der Waals surface area contributed by atoms with Crippen molar-refractivity contribution in [1.29, 1.82) is 0 Å². The number of nitrogens with zero attached hydrogens (tertiary/aromatic N) is 1. The van der Waals surface area contributed by atoms with Gasteiger partial charge in [-0.3, -0.25) is 10.1 Å². The second-order valence-electron chi connectivity index (χ2n) is 4.58. The number of anilines is 1. The van der Waals surface area contributed by atoms with Crippen LogP contribution in [0, 0.1) is 0 Å². The van der Waals surface area contributed by atoms with Crippen LogP contribution in [0.25, 0.3) is 0 Å². The minimum absolute atomic E-state index is 0.173. The molecule has 0 aliphatic rings. The van der Waals surface area contributed by atoms with Crippen LogP contribution in [0.4, 0.5) is 5.88 Å². The molecule has 0 bridgehead atoms. The number of phenolic OH excluding ortho intramolecular Hbond substituents is 1. The molecule has 1 aromatic carbocycles. The van der Waals surface area contributed by atoms with Gasteiger partial charge in [0.25, 0.3) is 0 Å². The van der Waals surface area contributed by atoms with Gasteiger partial charge in [-0.05, 0) is 18.1 Å². The summed E-state index contributed by atoms with van der Waals surface area (Å²) in [6, 6.07) is 8.62. The molecule has 1 heterocycles. The average molecular weight is 292 g/mol. The first kappa shape index (κ1) is 14.5. The lowest BCUT2D eigenvalue weighted by Gasteiger charge is -2.03. The quantitative estimate of drug-likeness (QED) is 0.827. The first-order chi connectivity index (χ1) is 9.56. The molecule has 2 N–H and O–H groups in total. The minimum atomic E-state index is -0.204. The number of carbonyl (C=O) groups is 1. The Bertz CT molecular complexity index is 596. The van der Waals surface area contributed by atoms with E-state index in [0.717, 1.165) is 5.69 Å². The number of hydrogen-bond donors (Lipinski definition) is 2. The Morgan fingerprint density at radius 2 is 2.20 bits per heavy atom. The number of nitrogens with one attached hydrogen (secondary N) is 1. The second kappa shape index (κ2) is 6.47. The molecule has 2 rings (SSSR count). The fourth-order valence-corrected chi connectivity index (χ4v) is 2.27. The summed E-state index contributed by atoms with van der Waals surface area (Å²) in [5.41, 5.74) is 0.800. The molecule has 1 aromatic heterocycles. The summed E-state index contributed by atoms with van der Waals surface area (Å²) in [6.45, 7) is 4.00. The SMILES string of the molecule is CC(C)c1cc(NC(=O)CSc2ccccc2O)on1. The van der Waals surface area contributed by atoms with Gasteiger partial charge in [-0.2, -0.15) is 0 Å². The smallest absolute Gasteiger partial charge is 0.237 e. The number of amides is 1. The van der Waals surface area contributed by atoms with Crippen molar-refractivity contribution in [3.63, 3.8) is 0 Å². The monoisotopic (exact) mass is 292 g/mol. The molecule has 0 fully saturated rings. The van der Waals surface area contributed by atoms with E-state index in [4.69, 9.17) is 4.52 Å². The van der Waals surface area contributed by atoms with Gasteiger partial charge >= 0.3 is 0 Å². The molecule has 0 atom stereocenters. The Morgan fingerprint density at radius 3 is 2.85 bits per heavy atom. The maximum atomic E-state index is 11.8. The van der Waals surface area contributed by atoms with Crippen LogP contribution in [-0.4, -0.2) is 21.9 Å². The predicted molar refractivity (Wildman–Crippen MR) is 78.1 cm³/mol. The third-order valence-electron chi connectivity index (χ3n) is 2.61. The number of aromatic hydroxyl groups is 1. The summed E-state index contributed by atoms with van der Waals surface area (Å²) < 4.78 is 5.03. The Balaban J connectivity index is 1.88. The van der Waals surface area contributed by atoms with Crippen LogP contribution in [-0.2, 0) is 4.79 Å².